The van der Waals surface area contributed by atoms with Gasteiger partial charge in [0.1, 0.15) is 5.76 Å². The molecule has 1 amide bonds. The predicted molar refractivity (Wildman–Crippen MR) is 100 cm³/mol. The molecule has 0 bridgehead atoms. The van der Waals surface area contributed by atoms with Crippen molar-refractivity contribution in [3.8, 4) is 0 Å². The van der Waals surface area contributed by atoms with E-state index in [0.29, 0.717) is 18.9 Å². The van der Waals surface area contributed by atoms with Gasteiger partial charge < -0.3 is 14.6 Å². The van der Waals surface area contributed by atoms with Gasteiger partial charge in [0.05, 0.1) is 24.2 Å². The molecule has 0 aliphatic rings. The number of nitrogens with one attached hydrogen (secondary N) is 1. The molecule has 0 atom stereocenters. The number of thioether (sulfide) groups is 1. The van der Waals surface area contributed by atoms with Crippen molar-refractivity contribution in [1.29, 1.82) is 0 Å². The van der Waals surface area contributed by atoms with Gasteiger partial charge in [-0.1, -0.05) is 29.4 Å². The van der Waals surface area contributed by atoms with Gasteiger partial charge in [-0.15, -0.1) is 11.8 Å². The molecule has 0 radical (unpaired) electrons. The first-order chi connectivity index (χ1) is 12.0. The summed E-state index contributed by atoms with van der Waals surface area (Å²) in [6, 6.07) is 8.11. The van der Waals surface area contributed by atoms with Crippen LogP contribution in [-0.4, -0.2) is 22.9 Å². The van der Waals surface area contributed by atoms with Gasteiger partial charge in [0.2, 0.25) is 5.91 Å². The normalized spacial score (nSPS) is 11.1. The quantitative estimate of drug-likeness (QED) is 0.736. The van der Waals surface area contributed by atoms with Crippen LogP contribution in [0.15, 0.2) is 28.8 Å². The van der Waals surface area contributed by atoms with E-state index >= 15 is 0 Å². The maximum absolute atomic E-state index is 12.0. The van der Waals surface area contributed by atoms with Crippen LogP contribution in [0.4, 0.5) is 0 Å². The molecule has 1 aromatic carbocycles. The summed E-state index contributed by atoms with van der Waals surface area (Å²) in [7, 11) is 0. The van der Waals surface area contributed by atoms with E-state index in [1.165, 1.54) is 0 Å². The number of nitrogens with zero attached hydrogens (tertiary/aromatic N) is 1. The third kappa shape index (κ3) is 6.55. The van der Waals surface area contributed by atoms with Crippen LogP contribution in [0.3, 0.4) is 0 Å². The topological polar surface area (TPSA) is 64.4 Å². The molecule has 6 heteroatoms. The van der Waals surface area contributed by atoms with E-state index in [-0.39, 0.29) is 12.0 Å². The third-order valence-electron chi connectivity index (χ3n) is 3.73. The van der Waals surface area contributed by atoms with Gasteiger partial charge in [0.25, 0.3) is 0 Å². The molecule has 1 aromatic heterocycles. The van der Waals surface area contributed by atoms with Crippen molar-refractivity contribution in [1.82, 2.24) is 10.5 Å². The molecule has 0 unspecified atom stereocenters. The molecule has 136 valence electrons. The second-order valence-corrected chi connectivity index (χ2v) is 7.24. The van der Waals surface area contributed by atoms with Gasteiger partial charge in [-0.3, -0.25) is 4.79 Å². The van der Waals surface area contributed by atoms with E-state index in [2.05, 4.69) is 16.5 Å². The van der Waals surface area contributed by atoms with Crippen molar-refractivity contribution in [2.75, 3.05) is 5.75 Å². The van der Waals surface area contributed by atoms with Crippen LogP contribution >= 0.6 is 11.8 Å². The Morgan fingerprint density at radius 3 is 2.76 bits per heavy atom. The third-order valence-corrected chi connectivity index (χ3v) is 4.68. The second kappa shape index (κ2) is 9.63. The van der Waals surface area contributed by atoms with E-state index in [9.17, 15) is 4.79 Å². The fourth-order valence-corrected chi connectivity index (χ4v) is 3.30. The number of ether oxygens (including phenoxy) is 1. The Kier molecular flexibility index (Phi) is 7.52. The van der Waals surface area contributed by atoms with Crippen LogP contribution in [0.1, 0.15) is 42.0 Å². The number of rotatable bonds is 9. The number of amides is 1. The number of aromatic nitrogens is 1. The molecule has 0 aliphatic heterocycles. The maximum Gasteiger partial charge on any atom is 0.230 e. The first-order valence-electron chi connectivity index (χ1n) is 8.41. The molecule has 0 saturated heterocycles. The molecule has 25 heavy (non-hydrogen) atoms. The van der Waals surface area contributed by atoms with Crippen LogP contribution in [0.5, 0.6) is 0 Å². The zero-order chi connectivity index (χ0) is 18.2. The summed E-state index contributed by atoms with van der Waals surface area (Å²) in [5, 5.41) is 6.89. The van der Waals surface area contributed by atoms with Crippen LogP contribution in [-0.2, 0) is 28.4 Å². The number of carbonyl (C=O) groups excluding carboxylic acids is 1. The summed E-state index contributed by atoms with van der Waals surface area (Å²) < 4.78 is 10.7. The smallest absolute Gasteiger partial charge is 0.230 e. The minimum Gasteiger partial charge on any atom is -0.374 e. The molecule has 2 aromatic rings. The molecule has 2 rings (SSSR count). The second-order valence-electron chi connectivity index (χ2n) is 6.25. The van der Waals surface area contributed by atoms with Crippen LogP contribution in [0.25, 0.3) is 0 Å². The molecule has 0 aliphatic carbocycles. The van der Waals surface area contributed by atoms with Crippen molar-refractivity contribution >= 4 is 17.7 Å². The summed E-state index contributed by atoms with van der Waals surface area (Å²) in [4.78, 5) is 12.0. The number of benzene rings is 1. The number of hydrogen-bond donors (Lipinski definition) is 1. The Labute approximate surface area is 153 Å². The Balaban J connectivity index is 1.73. The van der Waals surface area contributed by atoms with Crippen LogP contribution in [0, 0.1) is 13.8 Å². The molecule has 5 nitrogen and oxygen atoms in total. The van der Waals surface area contributed by atoms with E-state index in [1.807, 2.05) is 45.9 Å². The van der Waals surface area contributed by atoms with Crippen LogP contribution < -0.4 is 5.32 Å². The highest BCUT2D eigenvalue weighted by Gasteiger charge is 2.10. The first-order valence-corrected chi connectivity index (χ1v) is 9.56. The summed E-state index contributed by atoms with van der Waals surface area (Å²) >= 11 is 1.56. The molecular weight excluding hydrogens is 336 g/mol. The summed E-state index contributed by atoms with van der Waals surface area (Å²) in [6.07, 6.45) is 0.207. The molecule has 0 saturated carbocycles. The molecule has 1 N–H and O–H groups in total. The fraction of sp³-hybridized carbons (Fsp3) is 0.474. The molecular formula is C19H26N2O3S. The highest BCUT2D eigenvalue weighted by Crippen LogP contribution is 2.19. The highest BCUT2D eigenvalue weighted by molar-refractivity contribution is 7.99. The lowest BCUT2D eigenvalue weighted by Crippen LogP contribution is -2.24. The zero-order valence-corrected chi connectivity index (χ0v) is 16.1. The minimum atomic E-state index is 0.0283. The van der Waals surface area contributed by atoms with Gasteiger partial charge in [-0.25, -0.2) is 0 Å². The Morgan fingerprint density at radius 1 is 1.32 bits per heavy atom. The molecule has 0 spiro atoms. The van der Waals surface area contributed by atoms with Gasteiger partial charge in [0.15, 0.2) is 0 Å². The van der Waals surface area contributed by atoms with E-state index in [1.54, 1.807) is 11.8 Å². The predicted octanol–water partition coefficient (Wildman–Crippen LogP) is 3.77. The number of carbonyl (C=O) groups is 1. The van der Waals surface area contributed by atoms with Crippen molar-refractivity contribution < 1.29 is 14.1 Å². The van der Waals surface area contributed by atoms with Crippen molar-refractivity contribution in [3.05, 3.63) is 52.4 Å². The van der Waals surface area contributed by atoms with E-state index in [0.717, 1.165) is 33.9 Å². The summed E-state index contributed by atoms with van der Waals surface area (Å²) in [5.41, 5.74) is 4.17. The van der Waals surface area contributed by atoms with E-state index in [4.69, 9.17) is 9.26 Å². The summed E-state index contributed by atoms with van der Waals surface area (Å²) in [5.74, 6) is 2.00. The van der Waals surface area contributed by atoms with Gasteiger partial charge in [-0.05, 0) is 38.8 Å². The van der Waals surface area contributed by atoms with Crippen molar-refractivity contribution in [2.24, 2.45) is 0 Å². The first kappa shape index (κ1) is 19.5. The lowest BCUT2D eigenvalue weighted by Gasteiger charge is -2.10. The zero-order valence-electron chi connectivity index (χ0n) is 15.3. The fourth-order valence-electron chi connectivity index (χ4n) is 2.30. The number of hydrogen-bond acceptors (Lipinski definition) is 5. The van der Waals surface area contributed by atoms with Gasteiger partial charge in [-0.2, -0.15) is 0 Å². The maximum atomic E-state index is 12.0. The largest absolute Gasteiger partial charge is 0.374 e. The number of aryl methyl sites for hydroxylation is 2. The lowest BCUT2D eigenvalue weighted by atomic mass is 10.1. The average molecular weight is 362 g/mol. The Bertz CT molecular complexity index is 678. The molecule has 0 fully saturated rings. The minimum absolute atomic E-state index is 0.0283. The van der Waals surface area contributed by atoms with E-state index < -0.39 is 0 Å². The average Bonchev–Trinajstić information content (AvgIpc) is 2.90. The van der Waals surface area contributed by atoms with Crippen LogP contribution in [0.2, 0.25) is 0 Å². The van der Waals surface area contributed by atoms with Gasteiger partial charge >= 0.3 is 0 Å². The Morgan fingerprint density at radius 2 is 2.08 bits per heavy atom. The van der Waals surface area contributed by atoms with Crippen molar-refractivity contribution in [3.63, 3.8) is 0 Å². The Hall–Kier alpha value is -1.79. The molecule has 1 heterocycles. The highest BCUT2D eigenvalue weighted by atomic mass is 32.2. The lowest BCUT2D eigenvalue weighted by molar-refractivity contribution is -0.118. The van der Waals surface area contributed by atoms with Crippen molar-refractivity contribution in [2.45, 2.75) is 52.7 Å². The summed E-state index contributed by atoms with van der Waals surface area (Å²) in [6.45, 7) is 8.97. The SMILES string of the molecule is Cc1noc(C)c1CSCC(=O)NCc1cccc(COC(C)C)c1. The standard InChI is InChI=1S/C19H26N2O3S/c1-13(2)23-10-17-7-5-6-16(8-17)9-20-19(22)12-25-11-18-14(3)21-24-15(18)4/h5-8,13H,9-12H2,1-4H3,(H,20,22). The van der Waals surface area contributed by atoms with Gasteiger partial charge in [0, 0.05) is 17.9 Å². The monoisotopic (exact) mass is 362 g/mol.